The summed E-state index contributed by atoms with van der Waals surface area (Å²) in [7, 11) is 0. The van der Waals surface area contributed by atoms with Gasteiger partial charge in [-0.3, -0.25) is 0 Å². The largest absolute Gasteiger partial charge is 0.321 e. The summed E-state index contributed by atoms with van der Waals surface area (Å²) in [6.07, 6.45) is -1.05. The van der Waals surface area contributed by atoms with Gasteiger partial charge in [-0.2, -0.15) is 0 Å². The van der Waals surface area contributed by atoms with Crippen LogP contribution in [0, 0.1) is 5.82 Å². The Morgan fingerprint density at radius 3 is 2.19 bits per heavy atom. The first-order valence-corrected chi connectivity index (χ1v) is 5.31. The molecule has 1 fully saturated rings. The van der Waals surface area contributed by atoms with Gasteiger partial charge in [0.05, 0.1) is 10.6 Å². The van der Waals surface area contributed by atoms with E-state index in [1.165, 1.54) is 6.07 Å². The second-order valence-corrected chi connectivity index (χ2v) is 4.93. The molecule has 0 atom stereocenters. The average molecular weight is 270 g/mol. The maximum atomic E-state index is 13.2. The standard InChI is InChI=1S/C10H8Cl2F3N/c11-6-2-7(12)8(13)1-5(6)9(16)3-10(14,15)4-9/h1-2H,3-4,16H2. The molecule has 1 aromatic carbocycles. The lowest BCUT2D eigenvalue weighted by Gasteiger charge is -2.45. The smallest absolute Gasteiger partial charge is 0.252 e. The first kappa shape index (κ1) is 12.0. The minimum atomic E-state index is -2.80. The number of hydrogen-bond acceptors (Lipinski definition) is 1. The molecule has 1 aliphatic carbocycles. The Hall–Kier alpha value is -0.450. The molecule has 88 valence electrons. The lowest BCUT2D eigenvalue weighted by molar-refractivity contribution is -0.125. The van der Waals surface area contributed by atoms with E-state index < -0.39 is 30.1 Å². The van der Waals surface area contributed by atoms with Crippen LogP contribution in [-0.2, 0) is 5.54 Å². The summed E-state index contributed by atoms with van der Waals surface area (Å²) in [4.78, 5) is 0. The number of alkyl halides is 2. The Morgan fingerprint density at radius 1 is 1.12 bits per heavy atom. The van der Waals surface area contributed by atoms with Crippen molar-refractivity contribution in [3.8, 4) is 0 Å². The van der Waals surface area contributed by atoms with E-state index in [0.717, 1.165) is 6.07 Å². The molecule has 0 spiro atoms. The number of hydrogen-bond donors (Lipinski definition) is 1. The van der Waals surface area contributed by atoms with Gasteiger partial charge in [-0.15, -0.1) is 0 Å². The predicted octanol–water partition coefficient (Wildman–Crippen LogP) is 3.72. The maximum absolute atomic E-state index is 13.2. The van der Waals surface area contributed by atoms with Crippen LogP contribution in [0.3, 0.4) is 0 Å². The highest BCUT2D eigenvalue weighted by atomic mass is 35.5. The second kappa shape index (κ2) is 3.52. The molecular weight excluding hydrogens is 262 g/mol. The fourth-order valence-corrected chi connectivity index (χ4v) is 2.54. The first-order valence-electron chi connectivity index (χ1n) is 4.55. The third-order valence-electron chi connectivity index (χ3n) is 2.69. The van der Waals surface area contributed by atoms with Crippen molar-refractivity contribution < 1.29 is 13.2 Å². The molecule has 0 radical (unpaired) electrons. The topological polar surface area (TPSA) is 26.0 Å². The Bertz CT molecular complexity index is 440. The molecule has 0 aromatic heterocycles. The van der Waals surface area contributed by atoms with Crippen LogP contribution in [0.4, 0.5) is 13.2 Å². The summed E-state index contributed by atoms with van der Waals surface area (Å²) in [6.45, 7) is 0. The fraction of sp³-hybridized carbons (Fsp3) is 0.400. The van der Waals surface area contributed by atoms with E-state index in [-0.39, 0.29) is 15.6 Å². The highest BCUT2D eigenvalue weighted by Crippen LogP contribution is 2.51. The third-order valence-corrected chi connectivity index (χ3v) is 3.30. The van der Waals surface area contributed by atoms with Crippen molar-refractivity contribution in [2.75, 3.05) is 0 Å². The Morgan fingerprint density at radius 2 is 1.69 bits per heavy atom. The number of benzene rings is 1. The SMILES string of the molecule is NC1(c2cc(F)c(Cl)cc2Cl)CC(F)(F)C1. The Kier molecular flexibility index (Phi) is 2.64. The van der Waals surface area contributed by atoms with Crippen molar-refractivity contribution in [3.05, 3.63) is 33.6 Å². The molecule has 1 saturated carbocycles. The number of nitrogens with two attached hydrogens (primary N) is 1. The zero-order chi connectivity index (χ0) is 12.1. The van der Waals surface area contributed by atoms with Crippen LogP contribution >= 0.6 is 23.2 Å². The molecule has 0 bridgehead atoms. The molecule has 0 saturated heterocycles. The second-order valence-electron chi connectivity index (χ2n) is 4.11. The minimum Gasteiger partial charge on any atom is -0.321 e. The van der Waals surface area contributed by atoms with Crippen molar-refractivity contribution in [1.82, 2.24) is 0 Å². The Balaban J connectivity index is 2.39. The van der Waals surface area contributed by atoms with Crippen molar-refractivity contribution in [3.63, 3.8) is 0 Å². The van der Waals surface area contributed by atoms with Gasteiger partial charge in [-0.05, 0) is 17.7 Å². The molecular formula is C10H8Cl2F3N. The van der Waals surface area contributed by atoms with Crippen LogP contribution in [0.1, 0.15) is 18.4 Å². The minimum absolute atomic E-state index is 0.115. The van der Waals surface area contributed by atoms with Crippen molar-refractivity contribution in [2.24, 2.45) is 5.73 Å². The molecule has 0 heterocycles. The van der Waals surface area contributed by atoms with Gasteiger partial charge in [0.1, 0.15) is 5.82 Å². The fourth-order valence-electron chi connectivity index (χ4n) is 1.97. The average Bonchev–Trinajstić information content (AvgIpc) is 2.07. The van der Waals surface area contributed by atoms with Gasteiger partial charge in [0.25, 0.3) is 5.92 Å². The van der Waals surface area contributed by atoms with Crippen LogP contribution in [0.15, 0.2) is 12.1 Å². The molecule has 2 rings (SSSR count). The maximum Gasteiger partial charge on any atom is 0.252 e. The van der Waals surface area contributed by atoms with Gasteiger partial charge < -0.3 is 5.73 Å². The molecule has 2 N–H and O–H groups in total. The monoisotopic (exact) mass is 269 g/mol. The number of halogens is 5. The van der Waals surface area contributed by atoms with Crippen molar-refractivity contribution in [2.45, 2.75) is 24.3 Å². The van der Waals surface area contributed by atoms with E-state index in [9.17, 15) is 13.2 Å². The van der Waals surface area contributed by atoms with Crippen molar-refractivity contribution in [1.29, 1.82) is 0 Å². The molecule has 0 aliphatic heterocycles. The van der Waals surface area contributed by atoms with Gasteiger partial charge in [0, 0.05) is 17.9 Å². The van der Waals surface area contributed by atoms with Crippen LogP contribution in [0.5, 0.6) is 0 Å². The van der Waals surface area contributed by atoms with E-state index in [1.54, 1.807) is 0 Å². The van der Waals surface area contributed by atoms with Gasteiger partial charge in [-0.25, -0.2) is 13.2 Å². The van der Waals surface area contributed by atoms with E-state index in [2.05, 4.69) is 0 Å². The summed E-state index contributed by atoms with van der Waals surface area (Å²) in [5.74, 6) is -3.50. The molecule has 1 aliphatic rings. The van der Waals surface area contributed by atoms with Crippen LogP contribution in [-0.4, -0.2) is 5.92 Å². The van der Waals surface area contributed by atoms with Crippen LogP contribution in [0.25, 0.3) is 0 Å². The quantitative estimate of drug-likeness (QED) is 0.773. The molecule has 1 aromatic rings. The van der Waals surface area contributed by atoms with Gasteiger partial charge in [0.2, 0.25) is 0 Å². The van der Waals surface area contributed by atoms with Crippen LogP contribution < -0.4 is 5.73 Å². The summed E-state index contributed by atoms with van der Waals surface area (Å²) in [6, 6.07) is 2.21. The van der Waals surface area contributed by atoms with Gasteiger partial charge in [-0.1, -0.05) is 23.2 Å². The lowest BCUT2D eigenvalue weighted by Crippen LogP contribution is -2.55. The Labute approximate surface area is 100 Å². The lowest BCUT2D eigenvalue weighted by atomic mass is 9.70. The van der Waals surface area contributed by atoms with Crippen LogP contribution in [0.2, 0.25) is 10.0 Å². The van der Waals surface area contributed by atoms with E-state index in [0.29, 0.717) is 0 Å². The van der Waals surface area contributed by atoms with Crippen molar-refractivity contribution >= 4 is 23.2 Å². The summed E-state index contributed by atoms with van der Waals surface area (Å²) < 4.78 is 38.8. The molecule has 0 unspecified atom stereocenters. The third kappa shape index (κ3) is 1.90. The van der Waals surface area contributed by atoms with E-state index in [4.69, 9.17) is 28.9 Å². The summed E-state index contributed by atoms with van der Waals surface area (Å²) >= 11 is 11.3. The highest BCUT2D eigenvalue weighted by Gasteiger charge is 2.55. The molecule has 6 heteroatoms. The highest BCUT2D eigenvalue weighted by molar-refractivity contribution is 6.35. The summed E-state index contributed by atoms with van der Waals surface area (Å²) in [5.41, 5.74) is 4.67. The number of rotatable bonds is 1. The normalized spacial score (nSPS) is 21.6. The zero-order valence-corrected chi connectivity index (χ0v) is 9.55. The van der Waals surface area contributed by atoms with Gasteiger partial charge in [0.15, 0.2) is 0 Å². The van der Waals surface area contributed by atoms with Gasteiger partial charge >= 0.3 is 0 Å². The zero-order valence-electron chi connectivity index (χ0n) is 8.04. The first-order chi connectivity index (χ1) is 7.23. The van der Waals surface area contributed by atoms with E-state index >= 15 is 0 Å². The predicted molar refractivity (Wildman–Crippen MR) is 56.5 cm³/mol. The molecule has 16 heavy (non-hydrogen) atoms. The molecule has 1 nitrogen and oxygen atoms in total. The van der Waals surface area contributed by atoms with E-state index in [1.807, 2.05) is 0 Å². The summed E-state index contributed by atoms with van der Waals surface area (Å²) in [5, 5.41) is -0.0344. The molecule has 0 amide bonds.